The van der Waals surface area contributed by atoms with Crippen molar-refractivity contribution in [1.29, 1.82) is 0 Å². The Morgan fingerprint density at radius 1 is 1.39 bits per heavy atom. The van der Waals surface area contributed by atoms with E-state index in [0.29, 0.717) is 6.73 Å². The number of rotatable bonds is 7. The van der Waals surface area contributed by atoms with E-state index in [0.717, 1.165) is 38.5 Å². The Labute approximate surface area is 142 Å². The summed E-state index contributed by atoms with van der Waals surface area (Å²) in [4.78, 5) is 2.45. The van der Waals surface area contributed by atoms with E-state index in [4.69, 9.17) is 9.84 Å². The molecule has 1 saturated heterocycles. The average Bonchev–Trinajstić information content (AvgIpc) is 2.84. The van der Waals surface area contributed by atoms with Gasteiger partial charge >= 0.3 is 0 Å². The highest BCUT2D eigenvalue weighted by Gasteiger charge is 2.34. The van der Waals surface area contributed by atoms with Crippen LogP contribution in [0, 0.1) is 6.92 Å². The van der Waals surface area contributed by atoms with Crippen LogP contribution in [0.4, 0.5) is 5.82 Å². The van der Waals surface area contributed by atoms with Crippen molar-refractivity contribution < 1.29 is 4.74 Å². The fourth-order valence-corrected chi connectivity index (χ4v) is 3.66. The van der Waals surface area contributed by atoms with Crippen molar-refractivity contribution in [1.82, 2.24) is 15.1 Å². The van der Waals surface area contributed by atoms with E-state index < -0.39 is 8.07 Å². The first kappa shape index (κ1) is 18.5. The van der Waals surface area contributed by atoms with Crippen LogP contribution in [0.2, 0.25) is 25.7 Å². The predicted octanol–water partition coefficient (Wildman–Crippen LogP) is 3.08. The number of nitrogens with one attached hydrogen (secondary N) is 1. The van der Waals surface area contributed by atoms with Gasteiger partial charge in [0.1, 0.15) is 6.73 Å². The van der Waals surface area contributed by atoms with Crippen LogP contribution >= 0.6 is 0 Å². The zero-order valence-corrected chi connectivity index (χ0v) is 16.8. The Hall–Kier alpha value is -0.853. The number of aryl methyl sites for hydroxylation is 1. The molecular formula is C17H34N4OSi. The van der Waals surface area contributed by atoms with E-state index in [-0.39, 0.29) is 5.54 Å². The first-order valence-electron chi connectivity index (χ1n) is 8.86. The number of hydrogen-bond donors (Lipinski definition) is 1. The smallest absolute Gasteiger partial charge is 0.151 e. The van der Waals surface area contributed by atoms with Gasteiger partial charge in [0.15, 0.2) is 5.82 Å². The number of hydrogen-bond acceptors (Lipinski definition) is 4. The fourth-order valence-electron chi connectivity index (χ4n) is 2.91. The van der Waals surface area contributed by atoms with Gasteiger partial charge in [-0.3, -0.25) is 0 Å². The highest BCUT2D eigenvalue weighted by atomic mass is 28.3. The zero-order valence-electron chi connectivity index (χ0n) is 15.8. The van der Waals surface area contributed by atoms with E-state index in [9.17, 15) is 0 Å². The topological polar surface area (TPSA) is 42.3 Å². The predicted molar refractivity (Wildman–Crippen MR) is 100.0 cm³/mol. The summed E-state index contributed by atoms with van der Waals surface area (Å²) in [5.41, 5.74) is 1.31. The van der Waals surface area contributed by atoms with E-state index in [2.05, 4.69) is 56.7 Å². The molecule has 6 heteroatoms. The lowest BCUT2D eigenvalue weighted by Gasteiger charge is -2.45. The maximum Gasteiger partial charge on any atom is 0.151 e. The van der Waals surface area contributed by atoms with Gasteiger partial charge in [0, 0.05) is 46.1 Å². The molecule has 0 bridgehead atoms. The van der Waals surface area contributed by atoms with Crippen LogP contribution in [0.5, 0.6) is 0 Å². The molecule has 0 amide bonds. The molecule has 0 radical (unpaired) electrons. The molecule has 0 spiro atoms. The van der Waals surface area contributed by atoms with Gasteiger partial charge in [-0.2, -0.15) is 5.10 Å². The van der Waals surface area contributed by atoms with Gasteiger partial charge in [0.25, 0.3) is 0 Å². The van der Waals surface area contributed by atoms with E-state index in [1.165, 1.54) is 11.7 Å². The summed E-state index contributed by atoms with van der Waals surface area (Å²) in [6.45, 7) is 18.3. The van der Waals surface area contributed by atoms with Crippen molar-refractivity contribution in [3.63, 3.8) is 0 Å². The van der Waals surface area contributed by atoms with Gasteiger partial charge in [-0.25, -0.2) is 4.68 Å². The number of piperazine rings is 1. The molecule has 1 atom stereocenters. The fraction of sp³-hybridized carbons (Fsp3) is 0.824. The van der Waals surface area contributed by atoms with E-state index >= 15 is 0 Å². The molecule has 1 N–H and O–H groups in total. The second kappa shape index (κ2) is 7.36. The lowest BCUT2D eigenvalue weighted by molar-refractivity contribution is 0.0771. The average molecular weight is 339 g/mol. The molecule has 0 saturated carbocycles. The van der Waals surface area contributed by atoms with Crippen molar-refractivity contribution in [3.05, 3.63) is 11.8 Å². The van der Waals surface area contributed by atoms with E-state index in [1.54, 1.807) is 0 Å². The normalized spacial score (nSPS) is 22.6. The third-order valence-electron chi connectivity index (χ3n) is 4.89. The van der Waals surface area contributed by atoms with Crippen LogP contribution in [0.1, 0.15) is 26.0 Å². The summed E-state index contributed by atoms with van der Waals surface area (Å²) >= 11 is 0. The third-order valence-corrected chi connectivity index (χ3v) is 6.59. The summed E-state index contributed by atoms with van der Waals surface area (Å²) in [6.07, 6.45) is 1.11. The van der Waals surface area contributed by atoms with Crippen LogP contribution in [-0.2, 0) is 11.5 Å². The van der Waals surface area contributed by atoms with Crippen LogP contribution in [0.15, 0.2) is 6.07 Å². The molecule has 2 rings (SSSR count). The van der Waals surface area contributed by atoms with E-state index in [1.807, 2.05) is 4.68 Å². The molecule has 1 aromatic rings. The molecule has 1 aromatic heterocycles. The Bertz CT molecular complexity index is 511. The SMILES string of the molecule is CC[C@@]1(C)CNCCN1c1cc(C)n(COCC[Si](C)(C)C)n1. The highest BCUT2D eigenvalue weighted by Crippen LogP contribution is 2.27. The Morgan fingerprint density at radius 3 is 2.78 bits per heavy atom. The highest BCUT2D eigenvalue weighted by molar-refractivity contribution is 6.76. The van der Waals surface area contributed by atoms with Gasteiger partial charge in [-0.15, -0.1) is 0 Å². The standard InChI is InChI=1S/C17H34N4OSi/c1-7-17(3)13-18-8-9-20(17)16-12-15(2)21(19-16)14-22-10-11-23(4,5)6/h12,18H,7-11,13-14H2,1-6H3/t17-/m0/s1. The lowest BCUT2D eigenvalue weighted by atomic mass is 9.94. The monoisotopic (exact) mass is 338 g/mol. The molecule has 2 heterocycles. The maximum atomic E-state index is 5.86. The number of ether oxygens (including phenoxy) is 1. The first-order valence-corrected chi connectivity index (χ1v) is 12.6. The Kier molecular flexibility index (Phi) is 5.92. The largest absolute Gasteiger partial charge is 0.360 e. The second-order valence-electron chi connectivity index (χ2n) is 8.17. The quantitative estimate of drug-likeness (QED) is 0.613. The molecule has 23 heavy (non-hydrogen) atoms. The minimum absolute atomic E-state index is 0.141. The number of aromatic nitrogens is 2. The zero-order chi connectivity index (χ0) is 17.1. The van der Waals surface area contributed by atoms with Crippen molar-refractivity contribution in [2.24, 2.45) is 0 Å². The molecular weight excluding hydrogens is 304 g/mol. The van der Waals surface area contributed by atoms with Crippen LogP contribution in [0.3, 0.4) is 0 Å². The van der Waals surface area contributed by atoms with Gasteiger partial charge in [-0.05, 0) is 26.3 Å². The minimum Gasteiger partial charge on any atom is -0.360 e. The van der Waals surface area contributed by atoms with Gasteiger partial charge in [0.05, 0.1) is 5.54 Å². The summed E-state index contributed by atoms with van der Waals surface area (Å²) in [7, 11) is -1.02. The van der Waals surface area contributed by atoms with Gasteiger partial charge in [-0.1, -0.05) is 26.6 Å². The molecule has 0 aliphatic carbocycles. The summed E-state index contributed by atoms with van der Waals surface area (Å²) in [5.74, 6) is 1.09. The molecule has 1 aliphatic heterocycles. The Balaban J connectivity index is 2.00. The van der Waals surface area contributed by atoms with Crippen molar-refractivity contribution in [2.75, 3.05) is 31.1 Å². The maximum absolute atomic E-state index is 5.86. The van der Waals surface area contributed by atoms with Crippen molar-refractivity contribution >= 4 is 13.9 Å². The van der Waals surface area contributed by atoms with Crippen molar-refractivity contribution in [3.8, 4) is 0 Å². The molecule has 5 nitrogen and oxygen atoms in total. The van der Waals surface area contributed by atoms with Crippen molar-refractivity contribution in [2.45, 2.75) is 65.1 Å². The molecule has 1 fully saturated rings. The molecule has 1 aliphatic rings. The van der Waals surface area contributed by atoms with Gasteiger partial charge < -0.3 is 15.0 Å². The summed E-state index contributed by atoms with van der Waals surface area (Å²) in [5, 5.41) is 8.32. The number of anilines is 1. The molecule has 0 aromatic carbocycles. The minimum atomic E-state index is -1.02. The third kappa shape index (κ3) is 4.81. The summed E-state index contributed by atoms with van der Waals surface area (Å²) in [6, 6.07) is 3.40. The van der Waals surface area contributed by atoms with Crippen LogP contribution in [-0.4, -0.2) is 49.6 Å². The number of nitrogens with zero attached hydrogens (tertiary/aromatic N) is 3. The van der Waals surface area contributed by atoms with Crippen LogP contribution in [0.25, 0.3) is 0 Å². The molecule has 132 valence electrons. The van der Waals surface area contributed by atoms with Crippen LogP contribution < -0.4 is 10.2 Å². The second-order valence-corrected chi connectivity index (χ2v) is 13.8. The Morgan fingerprint density at radius 2 is 2.13 bits per heavy atom. The van der Waals surface area contributed by atoms with Gasteiger partial charge in [0.2, 0.25) is 0 Å². The molecule has 0 unspecified atom stereocenters. The summed E-state index contributed by atoms with van der Waals surface area (Å²) < 4.78 is 7.86. The lowest BCUT2D eigenvalue weighted by Crippen LogP contribution is -2.59. The first-order chi connectivity index (χ1) is 10.7.